The van der Waals surface area contributed by atoms with Gasteiger partial charge in [0, 0.05) is 38.1 Å². The molecule has 5 nitrogen and oxygen atoms in total. The van der Waals surface area contributed by atoms with Crippen molar-refractivity contribution in [2.75, 3.05) is 30.4 Å². The first-order chi connectivity index (χ1) is 15.8. The fraction of sp³-hybridized carbons (Fsp3) is 0.280. The van der Waals surface area contributed by atoms with Gasteiger partial charge in [0.25, 0.3) is 0 Å². The summed E-state index contributed by atoms with van der Waals surface area (Å²) in [5.41, 5.74) is 2.11. The smallest absolute Gasteiger partial charge is 0.356 e. The topological polar surface area (TPSA) is 48.5 Å². The second-order valence-corrected chi connectivity index (χ2v) is 8.07. The van der Waals surface area contributed by atoms with Crippen LogP contribution in [0.3, 0.4) is 0 Å². The average Bonchev–Trinajstić information content (AvgIpc) is 2.84. The summed E-state index contributed by atoms with van der Waals surface area (Å²) in [7, 11) is 1.72. The van der Waals surface area contributed by atoms with Crippen molar-refractivity contribution in [1.29, 1.82) is 0 Å². The summed E-state index contributed by atoms with van der Waals surface area (Å²) < 4.78 is 39.9. The second-order valence-electron chi connectivity index (χ2n) is 8.07. The predicted octanol–water partition coefficient (Wildman–Crippen LogP) is 5.90. The van der Waals surface area contributed by atoms with Gasteiger partial charge in [0.2, 0.25) is 0 Å². The summed E-state index contributed by atoms with van der Waals surface area (Å²) in [6, 6.07) is 19.6. The maximum Gasteiger partial charge on any atom is 0.419 e. The lowest BCUT2D eigenvalue weighted by Gasteiger charge is -2.37. The molecule has 1 N–H and O–H groups in total. The van der Waals surface area contributed by atoms with Crippen molar-refractivity contribution in [3.05, 3.63) is 78.5 Å². The number of carbonyl (C=O) groups excluding carboxylic acids is 1. The molecule has 2 heterocycles. The van der Waals surface area contributed by atoms with Gasteiger partial charge in [-0.15, -0.1) is 0 Å². The summed E-state index contributed by atoms with van der Waals surface area (Å²) in [6.45, 7) is 0.794. The van der Waals surface area contributed by atoms with E-state index in [0.717, 1.165) is 17.2 Å². The molecule has 1 fully saturated rings. The number of nitrogens with one attached hydrogen (secondary N) is 1. The molecule has 0 radical (unpaired) electrons. The zero-order chi connectivity index (χ0) is 23.4. The molecular weight excluding hydrogens is 429 g/mol. The minimum Gasteiger partial charge on any atom is -0.356 e. The molecule has 1 aromatic heterocycles. The molecule has 2 amide bonds. The number of benzene rings is 2. The molecule has 1 aliphatic rings. The molecule has 0 spiro atoms. The van der Waals surface area contributed by atoms with E-state index in [2.05, 4.69) is 10.3 Å². The molecule has 1 saturated heterocycles. The van der Waals surface area contributed by atoms with E-state index in [4.69, 9.17) is 0 Å². The molecule has 172 valence electrons. The van der Waals surface area contributed by atoms with Crippen LogP contribution < -0.4 is 10.2 Å². The van der Waals surface area contributed by atoms with Gasteiger partial charge in [-0.25, -0.2) is 9.78 Å². The number of hydrogen-bond acceptors (Lipinski definition) is 3. The molecule has 0 bridgehead atoms. The van der Waals surface area contributed by atoms with E-state index < -0.39 is 11.7 Å². The molecule has 0 saturated carbocycles. The van der Waals surface area contributed by atoms with Gasteiger partial charge >= 0.3 is 12.2 Å². The molecule has 1 aliphatic heterocycles. The lowest BCUT2D eigenvalue weighted by molar-refractivity contribution is -0.137. The van der Waals surface area contributed by atoms with Crippen LogP contribution in [0, 0.1) is 0 Å². The predicted molar refractivity (Wildman–Crippen MR) is 123 cm³/mol. The summed E-state index contributed by atoms with van der Waals surface area (Å²) in [6.07, 6.45) is -1.96. The third-order valence-electron chi connectivity index (χ3n) is 5.97. The molecule has 33 heavy (non-hydrogen) atoms. The van der Waals surface area contributed by atoms with Crippen LogP contribution in [-0.2, 0) is 6.18 Å². The number of aromatic nitrogens is 1. The van der Waals surface area contributed by atoms with Gasteiger partial charge in [-0.3, -0.25) is 0 Å². The van der Waals surface area contributed by atoms with Crippen molar-refractivity contribution >= 4 is 17.5 Å². The second kappa shape index (κ2) is 9.52. The number of pyridine rings is 1. The van der Waals surface area contributed by atoms with E-state index in [1.807, 2.05) is 54.6 Å². The number of alkyl halides is 3. The first-order valence-corrected chi connectivity index (χ1v) is 10.8. The van der Waals surface area contributed by atoms with Crippen LogP contribution in [0.4, 0.5) is 29.5 Å². The summed E-state index contributed by atoms with van der Waals surface area (Å²) in [5, 5.41) is 2.90. The molecule has 0 aliphatic carbocycles. The Kier molecular flexibility index (Phi) is 6.53. The number of halogens is 3. The fourth-order valence-electron chi connectivity index (χ4n) is 4.09. The van der Waals surface area contributed by atoms with Gasteiger partial charge in [0.05, 0.1) is 5.56 Å². The van der Waals surface area contributed by atoms with Gasteiger partial charge in [0.1, 0.15) is 5.82 Å². The van der Waals surface area contributed by atoms with Gasteiger partial charge in [-0.2, -0.15) is 13.2 Å². The number of piperidine rings is 1. The Morgan fingerprint density at radius 2 is 1.61 bits per heavy atom. The first kappa shape index (κ1) is 22.6. The minimum absolute atomic E-state index is 0.0472. The maximum absolute atomic E-state index is 13.3. The third-order valence-corrected chi connectivity index (χ3v) is 5.97. The number of nitrogens with zero attached hydrogens (tertiary/aromatic N) is 3. The standard InChI is InChI=1S/C25H25F3N4O/c1-31(24(33)30-20-11-9-19(10-12-20)18-6-3-2-4-7-18)21-13-16-32(17-14-21)23-22(25(26,27)28)8-5-15-29-23/h2-12,15,21H,13-14,16-17H2,1H3,(H,30,33). The zero-order valence-corrected chi connectivity index (χ0v) is 18.2. The van der Waals surface area contributed by atoms with Crippen molar-refractivity contribution in [1.82, 2.24) is 9.88 Å². The number of rotatable bonds is 4. The normalized spacial score (nSPS) is 14.7. The van der Waals surface area contributed by atoms with Gasteiger partial charge in [-0.1, -0.05) is 42.5 Å². The molecular formula is C25H25F3N4O. The molecule has 4 rings (SSSR count). The van der Waals surface area contributed by atoms with Crippen LogP contribution in [0.1, 0.15) is 18.4 Å². The van der Waals surface area contributed by atoms with Gasteiger partial charge < -0.3 is 15.1 Å². The average molecular weight is 454 g/mol. The van der Waals surface area contributed by atoms with Crippen molar-refractivity contribution in [2.45, 2.75) is 25.1 Å². The Balaban J connectivity index is 1.34. The van der Waals surface area contributed by atoms with E-state index in [1.165, 1.54) is 12.3 Å². The number of urea groups is 1. The van der Waals surface area contributed by atoms with Gasteiger partial charge in [-0.05, 0) is 48.2 Å². The van der Waals surface area contributed by atoms with Crippen LogP contribution in [0.2, 0.25) is 0 Å². The molecule has 3 aromatic rings. The summed E-state index contributed by atoms with van der Waals surface area (Å²) >= 11 is 0. The maximum atomic E-state index is 13.3. The highest BCUT2D eigenvalue weighted by Gasteiger charge is 2.36. The minimum atomic E-state index is -4.45. The molecule has 2 aromatic carbocycles. The molecule has 8 heteroatoms. The van der Waals surface area contributed by atoms with Crippen LogP contribution >= 0.6 is 0 Å². The van der Waals surface area contributed by atoms with Crippen LogP contribution in [-0.4, -0.2) is 42.1 Å². The van der Waals surface area contributed by atoms with Crippen LogP contribution in [0.15, 0.2) is 72.9 Å². The third kappa shape index (κ3) is 5.27. The van der Waals surface area contributed by atoms with E-state index in [9.17, 15) is 18.0 Å². The Morgan fingerprint density at radius 1 is 0.970 bits per heavy atom. The lowest BCUT2D eigenvalue weighted by atomic mass is 10.0. The van der Waals surface area contributed by atoms with Crippen LogP contribution in [0.25, 0.3) is 11.1 Å². The van der Waals surface area contributed by atoms with E-state index in [0.29, 0.717) is 31.6 Å². The molecule has 0 atom stereocenters. The van der Waals surface area contributed by atoms with E-state index in [1.54, 1.807) is 16.8 Å². The number of amides is 2. The number of carbonyl (C=O) groups is 1. The van der Waals surface area contributed by atoms with E-state index in [-0.39, 0.29) is 17.9 Å². The largest absolute Gasteiger partial charge is 0.419 e. The number of anilines is 2. The Morgan fingerprint density at radius 3 is 2.24 bits per heavy atom. The first-order valence-electron chi connectivity index (χ1n) is 10.8. The van der Waals surface area contributed by atoms with Gasteiger partial charge in [0.15, 0.2) is 0 Å². The fourth-order valence-corrected chi connectivity index (χ4v) is 4.09. The van der Waals surface area contributed by atoms with Crippen molar-refractivity contribution in [2.24, 2.45) is 0 Å². The highest BCUT2D eigenvalue weighted by molar-refractivity contribution is 5.89. The Bertz CT molecular complexity index is 1080. The SMILES string of the molecule is CN(C(=O)Nc1ccc(-c2ccccc2)cc1)C1CCN(c2ncccc2C(F)(F)F)CC1. The quantitative estimate of drug-likeness (QED) is 0.534. The van der Waals surface area contributed by atoms with Crippen molar-refractivity contribution < 1.29 is 18.0 Å². The molecule has 0 unspecified atom stereocenters. The van der Waals surface area contributed by atoms with Crippen molar-refractivity contribution in [3.63, 3.8) is 0 Å². The number of hydrogen-bond donors (Lipinski definition) is 1. The summed E-state index contributed by atoms with van der Waals surface area (Å²) in [5.74, 6) is -0.0472. The highest BCUT2D eigenvalue weighted by Crippen LogP contribution is 2.36. The lowest BCUT2D eigenvalue weighted by Crippen LogP contribution is -2.47. The monoisotopic (exact) mass is 454 g/mol. The van der Waals surface area contributed by atoms with E-state index >= 15 is 0 Å². The Hall–Kier alpha value is -3.55. The van der Waals surface area contributed by atoms with Crippen molar-refractivity contribution in [3.8, 4) is 11.1 Å². The van der Waals surface area contributed by atoms with Crippen LogP contribution in [0.5, 0.6) is 0 Å². The highest BCUT2D eigenvalue weighted by atomic mass is 19.4. The summed E-state index contributed by atoms with van der Waals surface area (Å²) in [4.78, 5) is 20.0. The zero-order valence-electron chi connectivity index (χ0n) is 18.2. The Labute approximate surface area is 190 Å².